The second-order valence-electron chi connectivity index (χ2n) is 2.01. The van der Waals surface area contributed by atoms with Crippen molar-refractivity contribution in [1.29, 1.82) is 0 Å². The van der Waals surface area contributed by atoms with Crippen LogP contribution in [0.25, 0.3) is 0 Å². The lowest BCUT2D eigenvalue weighted by molar-refractivity contribution is -0.385. The number of nitrogens with two attached hydrogens (primary N) is 1. The molecule has 0 aliphatic carbocycles. The molecule has 5 nitrogen and oxygen atoms in total. The van der Waals surface area contributed by atoms with Crippen molar-refractivity contribution >= 4 is 18.1 Å². The fourth-order valence-corrected chi connectivity index (χ4v) is 0.685. The van der Waals surface area contributed by atoms with Gasteiger partial charge >= 0.3 is 0 Å². The molecule has 0 amide bonds. The van der Waals surface area contributed by atoms with Gasteiger partial charge in [-0.15, -0.1) is 12.4 Å². The fraction of sp³-hybridized carbons (Fsp3) is 0.167. The van der Waals surface area contributed by atoms with Gasteiger partial charge in [0.25, 0.3) is 5.69 Å². The fourth-order valence-electron chi connectivity index (χ4n) is 0.685. The Bertz CT molecular complexity index is 279. The molecule has 0 fully saturated rings. The molecule has 0 unspecified atom stereocenters. The molecule has 0 atom stereocenters. The van der Waals surface area contributed by atoms with E-state index in [0.29, 0.717) is 5.56 Å². The summed E-state index contributed by atoms with van der Waals surface area (Å²) in [6.07, 6.45) is 2.70. The van der Waals surface area contributed by atoms with Crippen molar-refractivity contribution in [2.75, 3.05) is 0 Å². The first kappa shape index (κ1) is 10.8. The minimum absolute atomic E-state index is 0. The van der Waals surface area contributed by atoms with Gasteiger partial charge in [0.1, 0.15) is 6.20 Å². The summed E-state index contributed by atoms with van der Waals surface area (Å²) in [4.78, 5) is 13.4. The maximum Gasteiger partial charge on any atom is 0.287 e. The molecule has 0 aliphatic heterocycles. The van der Waals surface area contributed by atoms with Gasteiger partial charge in [-0.25, -0.2) is 0 Å². The van der Waals surface area contributed by atoms with E-state index in [1.165, 1.54) is 18.5 Å². The monoisotopic (exact) mass is 189 g/mol. The summed E-state index contributed by atoms with van der Waals surface area (Å²) in [6, 6.07) is 1.41. The Hall–Kier alpha value is -1.20. The Balaban J connectivity index is 0.00000121. The highest BCUT2D eigenvalue weighted by Gasteiger charge is 2.04. The van der Waals surface area contributed by atoms with E-state index in [9.17, 15) is 10.1 Å². The lowest BCUT2D eigenvalue weighted by Gasteiger charge is -1.93. The first-order valence-corrected chi connectivity index (χ1v) is 3.02. The van der Waals surface area contributed by atoms with E-state index < -0.39 is 4.92 Å². The molecule has 1 rings (SSSR count). The summed E-state index contributed by atoms with van der Waals surface area (Å²) < 4.78 is 0. The number of nitrogens with zero attached hydrogens (tertiary/aromatic N) is 2. The van der Waals surface area contributed by atoms with Crippen LogP contribution in [0.1, 0.15) is 5.56 Å². The molecule has 1 aromatic heterocycles. The first-order valence-electron chi connectivity index (χ1n) is 3.02. The standard InChI is InChI=1S/C6H7N3O2.ClH/c7-2-5-1-6(9(10)11)4-8-3-5;/h1,3-4H,2,7H2;1H. The zero-order chi connectivity index (χ0) is 8.27. The molecule has 0 saturated carbocycles. The molecule has 0 bridgehead atoms. The van der Waals surface area contributed by atoms with Crippen LogP contribution < -0.4 is 5.73 Å². The maximum atomic E-state index is 10.2. The largest absolute Gasteiger partial charge is 0.326 e. The van der Waals surface area contributed by atoms with Crippen molar-refractivity contribution in [3.8, 4) is 0 Å². The number of rotatable bonds is 2. The Morgan fingerprint density at radius 1 is 1.58 bits per heavy atom. The molecule has 0 saturated heterocycles. The first-order chi connectivity index (χ1) is 5.24. The highest BCUT2D eigenvalue weighted by molar-refractivity contribution is 5.85. The Morgan fingerprint density at radius 3 is 2.75 bits per heavy atom. The maximum absolute atomic E-state index is 10.2. The Labute approximate surface area is 75.2 Å². The molecule has 0 aliphatic rings. The lowest BCUT2D eigenvalue weighted by atomic mass is 10.3. The SMILES string of the molecule is Cl.NCc1cncc([N+](=O)[O-])c1. The molecule has 0 radical (unpaired) electrons. The molecule has 0 aromatic carbocycles. The third-order valence-electron chi connectivity index (χ3n) is 1.23. The van der Waals surface area contributed by atoms with Gasteiger partial charge in [-0.2, -0.15) is 0 Å². The van der Waals surface area contributed by atoms with Crippen molar-refractivity contribution in [1.82, 2.24) is 4.98 Å². The number of halogens is 1. The van der Waals surface area contributed by atoms with Gasteiger partial charge in [0.15, 0.2) is 0 Å². The summed E-state index contributed by atoms with van der Waals surface area (Å²) >= 11 is 0. The van der Waals surface area contributed by atoms with E-state index in [-0.39, 0.29) is 24.6 Å². The van der Waals surface area contributed by atoms with Crippen LogP contribution in [0.2, 0.25) is 0 Å². The van der Waals surface area contributed by atoms with E-state index in [1.54, 1.807) is 0 Å². The molecular formula is C6H8ClN3O2. The van der Waals surface area contributed by atoms with E-state index in [4.69, 9.17) is 5.73 Å². The van der Waals surface area contributed by atoms with Gasteiger partial charge < -0.3 is 5.73 Å². The van der Waals surface area contributed by atoms with Gasteiger partial charge in [0.2, 0.25) is 0 Å². The molecule has 1 heterocycles. The van der Waals surface area contributed by atoms with Crippen LogP contribution in [-0.2, 0) is 6.54 Å². The van der Waals surface area contributed by atoms with Gasteiger partial charge in [-0.05, 0) is 5.56 Å². The van der Waals surface area contributed by atoms with Crippen LogP contribution in [0.15, 0.2) is 18.5 Å². The summed E-state index contributed by atoms with van der Waals surface area (Å²) in [7, 11) is 0. The van der Waals surface area contributed by atoms with Crippen molar-refractivity contribution in [2.24, 2.45) is 5.73 Å². The van der Waals surface area contributed by atoms with Gasteiger partial charge in [0.05, 0.1) is 4.92 Å². The van der Waals surface area contributed by atoms with Crippen LogP contribution >= 0.6 is 12.4 Å². The highest BCUT2D eigenvalue weighted by Crippen LogP contribution is 2.09. The van der Waals surface area contributed by atoms with Crippen molar-refractivity contribution in [3.63, 3.8) is 0 Å². The number of hydrogen-bond donors (Lipinski definition) is 1. The Kier molecular flexibility index (Phi) is 4.17. The summed E-state index contributed by atoms with van der Waals surface area (Å²) in [5, 5.41) is 10.2. The van der Waals surface area contributed by atoms with E-state index in [0.717, 1.165) is 0 Å². The number of pyridine rings is 1. The number of aromatic nitrogens is 1. The summed E-state index contributed by atoms with van der Waals surface area (Å²) in [5.74, 6) is 0. The zero-order valence-electron chi connectivity index (χ0n) is 6.14. The average molecular weight is 190 g/mol. The second-order valence-corrected chi connectivity index (χ2v) is 2.01. The van der Waals surface area contributed by atoms with Crippen LogP contribution in [0.5, 0.6) is 0 Å². The minimum atomic E-state index is -0.494. The van der Waals surface area contributed by atoms with E-state index >= 15 is 0 Å². The predicted octanol–water partition coefficient (Wildman–Crippen LogP) is 0.870. The van der Waals surface area contributed by atoms with Gasteiger partial charge in [-0.1, -0.05) is 0 Å². The van der Waals surface area contributed by atoms with Crippen molar-refractivity contribution in [3.05, 3.63) is 34.1 Å². The Morgan fingerprint density at radius 2 is 2.25 bits per heavy atom. The minimum Gasteiger partial charge on any atom is -0.326 e. The van der Waals surface area contributed by atoms with Crippen LogP contribution in [0.3, 0.4) is 0 Å². The third-order valence-corrected chi connectivity index (χ3v) is 1.23. The van der Waals surface area contributed by atoms with Crippen molar-refractivity contribution in [2.45, 2.75) is 6.54 Å². The average Bonchev–Trinajstić information content (AvgIpc) is 2.05. The summed E-state index contributed by atoms with van der Waals surface area (Å²) in [6.45, 7) is 0.272. The topological polar surface area (TPSA) is 82.0 Å². The van der Waals surface area contributed by atoms with Gasteiger partial charge in [-0.3, -0.25) is 15.1 Å². The third kappa shape index (κ3) is 2.44. The smallest absolute Gasteiger partial charge is 0.287 e. The van der Waals surface area contributed by atoms with E-state index in [1.807, 2.05) is 0 Å². The number of nitro groups is 1. The van der Waals surface area contributed by atoms with Gasteiger partial charge in [0, 0.05) is 18.8 Å². The molecular weight excluding hydrogens is 182 g/mol. The molecule has 2 N–H and O–H groups in total. The quantitative estimate of drug-likeness (QED) is 0.553. The molecule has 66 valence electrons. The second kappa shape index (κ2) is 4.63. The van der Waals surface area contributed by atoms with E-state index in [2.05, 4.69) is 4.98 Å². The predicted molar refractivity (Wildman–Crippen MR) is 46.0 cm³/mol. The van der Waals surface area contributed by atoms with Crippen LogP contribution in [0.4, 0.5) is 5.69 Å². The number of hydrogen-bond acceptors (Lipinski definition) is 4. The highest BCUT2D eigenvalue weighted by atomic mass is 35.5. The molecule has 12 heavy (non-hydrogen) atoms. The molecule has 6 heteroatoms. The zero-order valence-corrected chi connectivity index (χ0v) is 6.95. The normalized spacial score (nSPS) is 8.75. The lowest BCUT2D eigenvalue weighted by Crippen LogP contribution is -1.98. The molecule has 1 aromatic rings. The molecule has 0 spiro atoms. The summed E-state index contributed by atoms with van der Waals surface area (Å²) in [5.41, 5.74) is 5.90. The van der Waals surface area contributed by atoms with Crippen LogP contribution in [0, 0.1) is 10.1 Å². The van der Waals surface area contributed by atoms with Crippen LogP contribution in [-0.4, -0.2) is 9.91 Å². The van der Waals surface area contributed by atoms with Crippen molar-refractivity contribution < 1.29 is 4.92 Å².